The van der Waals surface area contributed by atoms with Crippen LogP contribution in [-0.4, -0.2) is 42.0 Å². The Morgan fingerprint density at radius 1 is 0.957 bits per heavy atom. The normalized spacial score (nSPS) is 14.3. The first kappa shape index (κ1) is 26.0. The van der Waals surface area contributed by atoms with E-state index in [0.717, 1.165) is 19.3 Å². The fourth-order valence-electron chi connectivity index (χ4n) is 2.32. The van der Waals surface area contributed by atoms with Crippen LogP contribution in [0, 0.1) is 0 Å². The van der Waals surface area contributed by atoms with E-state index in [1.54, 1.807) is 0 Å². The summed E-state index contributed by atoms with van der Waals surface area (Å²) in [5, 5.41) is 19.0. The van der Waals surface area contributed by atoms with Crippen molar-refractivity contribution in [1.82, 2.24) is 0 Å². The standard InChI is InChI=1S/C15H32O6S.Na/c1-2-3-4-5-6-7-8-9-10-11-12-15(17,13-16)14-21-22(18,19)20;/h16-17H,2-14H2,1H3,(H,18,19,20);/q;+1/p-1. The fraction of sp³-hybridized carbons (Fsp3) is 1.00. The van der Waals surface area contributed by atoms with E-state index >= 15 is 0 Å². The summed E-state index contributed by atoms with van der Waals surface area (Å²) in [4.78, 5) is 0. The average Bonchev–Trinajstić information content (AvgIpc) is 2.46. The molecule has 0 saturated heterocycles. The summed E-state index contributed by atoms with van der Waals surface area (Å²) in [7, 11) is -4.84. The molecule has 0 bridgehead atoms. The summed E-state index contributed by atoms with van der Waals surface area (Å²) in [5.74, 6) is 0. The van der Waals surface area contributed by atoms with Crippen LogP contribution in [0.15, 0.2) is 0 Å². The first-order chi connectivity index (χ1) is 10.3. The minimum absolute atomic E-state index is 0. The first-order valence-electron chi connectivity index (χ1n) is 8.26. The quantitative estimate of drug-likeness (QED) is 0.176. The van der Waals surface area contributed by atoms with Crippen molar-refractivity contribution in [3.8, 4) is 0 Å². The van der Waals surface area contributed by atoms with E-state index in [0.29, 0.717) is 6.42 Å². The van der Waals surface area contributed by atoms with Gasteiger partial charge < -0.3 is 14.8 Å². The molecular formula is C15H31NaO6S. The molecule has 6 nitrogen and oxygen atoms in total. The number of rotatable bonds is 15. The molecule has 2 N–H and O–H groups in total. The molecule has 0 aliphatic rings. The van der Waals surface area contributed by atoms with Crippen LogP contribution in [-0.2, 0) is 14.6 Å². The monoisotopic (exact) mass is 362 g/mol. The minimum Gasteiger partial charge on any atom is -0.726 e. The molecule has 0 aromatic rings. The largest absolute Gasteiger partial charge is 1.00 e. The van der Waals surface area contributed by atoms with Crippen LogP contribution in [0.1, 0.15) is 77.6 Å². The van der Waals surface area contributed by atoms with Crippen LogP contribution in [0.2, 0.25) is 0 Å². The molecule has 1 atom stereocenters. The molecule has 0 amide bonds. The van der Waals surface area contributed by atoms with E-state index in [4.69, 9.17) is 5.11 Å². The smallest absolute Gasteiger partial charge is 0.726 e. The van der Waals surface area contributed by atoms with Gasteiger partial charge in [0, 0.05) is 0 Å². The Bertz CT molecular complexity index is 363. The van der Waals surface area contributed by atoms with E-state index in [9.17, 15) is 18.1 Å². The van der Waals surface area contributed by atoms with Crippen molar-refractivity contribution in [2.24, 2.45) is 0 Å². The Morgan fingerprint density at radius 3 is 1.78 bits per heavy atom. The van der Waals surface area contributed by atoms with Crippen molar-refractivity contribution in [2.45, 2.75) is 83.2 Å². The van der Waals surface area contributed by atoms with Gasteiger partial charge in [-0.3, -0.25) is 4.18 Å². The molecule has 23 heavy (non-hydrogen) atoms. The third-order valence-electron chi connectivity index (χ3n) is 3.76. The van der Waals surface area contributed by atoms with Crippen molar-refractivity contribution in [2.75, 3.05) is 13.2 Å². The van der Waals surface area contributed by atoms with Gasteiger partial charge in [-0.05, 0) is 6.42 Å². The maximum Gasteiger partial charge on any atom is 1.00 e. The Morgan fingerprint density at radius 2 is 1.39 bits per heavy atom. The molecule has 1 unspecified atom stereocenters. The molecule has 0 aromatic heterocycles. The maximum atomic E-state index is 10.4. The van der Waals surface area contributed by atoms with Gasteiger partial charge >= 0.3 is 29.6 Å². The van der Waals surface area contributed by atoms with Gasteiger partial charge in [-0.2, -0.15) is 0 Å². The number of hydrogen-bond acceptors (Lipinski definition) is 6. The molecule has 8 heteroatoms. The van der Waals surface area contributed by atoms with Gasteiger partial charge in [-0.15, -0.1) is 0 Å². The van der Waals surface area contributed by atoms with Gasteiger partial charge in [0.05, 0.1) is 13.2 Å². The summed E-state index contributed by atoms with van der Waals surface area (Å²) >= 11 is 0. The van der Waals surface area contributed by atoms with Gasteiger partial charge in [0.15, 0.2) is 0 Å². The van der Waals surface area contributed by atoms with Gasteiger partial charge in [-0.1, -0.05) is 71.1 Å². The molecule has 0 rings (SSSR count). The third kappa shape index (κ3) is 17.4. The molecule has 0 heterocycles. The van der Waals surface area contributed by atoms with E-state index in [1.165, 1.54) is 38.5 Å². The van der Waals surface area contributed by atoms with Gasteiger partial charge in [0.1, 0.15) is 5.60 Å². The second-order valence-corrected chi connectivity index (χ2v) is 7.04. The van der Waals surface area contributed by atoms with E-state index < -0.39 is 29.2 Å². The van der Waals surface area contributed by atoms with Crippen LogP contribution in [0.3, 0.4) is 0 Å². The predicted octanol–water partition coefficient (Wildman–Crippen LogP) is -0.498. The van der Waals surface area contributed by atoms with Crippen LogP contribution in [0.5, 0.6) is 0 Å². The Hall–Kier alpha value is 0.790. The van der Waals surface area contributed by atoms with Crippen LogP contribution in [0.25, 0.3) is 0 Å². The number of unbranched alkanes of at least 4 members (excludes halogenated alkanes) is 9. The Labute approximate surface area is 163 Å². The number of aliphatic hydroxyl groups excluding tert-OH is 1. The van der Waals surface area contributed by atoms with Crippen molar-refractivity contribution in [3.05, 3.63) is 0 Å². The molecule has 134 valence electrons. The fourth-order valence-corrected chi connectivity index (χ4v) is 2.68. The summed E-state index contributed by atoms with van der Waals surface area (Å²) in [5.41, 5.74) is -1.66. The number of hydrogen-bond donors (Lipinski definition) is 2. The molecule has 0 aliphatic heterocycles. The Kier molecular flexibility index (Phi) is 17.1. The third-order valence-corrected chi connectivity index (χ3v) is 4.17. The molecule has 0 aromatic carbocycles. The van der Waals surface area contributed by atoms with Crippen molar-refractivity contribution in [1.29, 1.82) is 0 Å². The van der Waals surface area contributed by atoms with E-state index in [1.807, 2.05) is 0 Å². The zero-order chi connectivity index (χ0) is 16.9. The molecule has 0 radical (unpaired) electrons. The summed E-state index contributed by atoms with van der Waals surface area (Å²) < 4.78 is 35.1. The predicted molar refractivity (Wildman–Crippen MR) is 84.1 cm³/mol. The van der Waals surface area contributed by atoms with Crippen LogP contribution < -0.4 is 29.6 Å². The molecule has 0 fully saturated rings. The van der Waals surface area contributed by atoms with Crippen molar-refractivity contribution in [3.63, 3.8) is 0 Å². The van der Waals surface area contributed by atoms with E-state index in [-0.39, 0.29) is 36.0 Å². The maximum absolute atomic E-state index is 10.4. The molecule has 0 saturated carbocycles. The SMILES string of the molecule is CCCCCCCCCCCCC(O)(CO)COS(=O)(=O)[O-].[Na+]. The average molecular weight is 362 g/mol. The zero-order valence-corrected chi connectivity index (χ0v) is 17.4. The van der Waals surface area contributed by atoms with Gasteiger partial charge in [0.25, 0.3) is 0 Å². The van der Waals surface area contributed by atoms with Crippen molar-refractivity contribution < 1.29 is 56.9 Å². The van der Waals surface area contributed by atoms with Crippen LogP contribution >= 0.6 is 0 Å². The Balaban J connectivity index is 0. The van der Waals surface area contributed by atoms with Crippen LogP contribution in [0.4, 0.5) is 0 Å². The summed E-state index contributed by atoms with van der Waals surface area (Å²) in [6.45, 7) is 0.887. The number of aliphatic hydroxyl groups is 2. The summed E-state index contributed by atoms with van der Waals surface area (Å²) in [6, 6.07) is 0. The first-order valence-corrected chi connectivity index (χ1v) is 9.60. The minimum atomic E-state index is -4.84. The van der Waals surface area contributed by atoms with Gasteiger partial charge in [0.2, 0.25) is 10.4 Å². The van der Waals surface area contributed by atoms with E-state index in [2.05, 4.69) is 11.1 Å². The second kappa shape index (κ2) is 15.1. The summed E-state index contributed by atoms with van der Waals surface area (Å²) in [6.07, 6.45) is 11.6. The zero-order valence-electron chi connectivity index (χ0n) is 14.6. The van der Waals surface area contributed by atoms with Crippen molar-refractivity contribution >= 4 is 10.4 Å². The molecule has 0 aliphatic carbocycles. The molecular weight excluding hydrogens is 331 g/mol. The van der Waals surface area contributed by atoms with Gasteiger partial charge in [-0.25, -0.2) is 8.42 Å². The molecule has 0 spiro atoms. The topological polar surface area (TPSA) is 107 Å². The second-order valence-electron chi connectivity index (χ2n) is 5.98.